The third-order valence-electron chi connectivity index (χ3n) is 5.44. The molecule has 2 aromatic carbocycles. The van der Waals surface area contributed by atoms with E-state index in [9.17, 15) is 9.59 Å². The van der Waals surface area contributed by atoms with Crippen LogP contribution in [0.5, 0.6) is 0 Å². The first kappa shape index (κ1) is 21.1. The number of hydrogen-bond acceptors (Lipinski definition) is 4. The molecule has 30 heavy (non-hydrogen) atoms. The number of benzene rings is 2. The molecule has 2 fully saturated rings. The molecule has 0 aliphatic carbocycles. The van der Waals surface area contributed by atoms with Crippen molar-refractivity contribution in [2.45, 2.75) is 18.9 Å². The van der Waals surface area contributed by atoms with Crippen molar-refractivity contribution in [2.24, 2.45) is 0 Å². The van der Waals surface area contributed by atoms with Gasteiger partial charge >= 0.3 is 0 Å². The van der Waals surface area contributed by atoms with Crippen LogP contribution >= 0.6 is 23.2 Å². The zero-order valence-electron chi connectivity index (χ0n) is 16.4. The summed E-state index contributed by atoms with van der Waals surface area (Å²) in [7, 11) is 0. The summed E-state index contributed by atoms with van der Waals surface area (Å²) < 4.78 is 5.44. The normalized spacial score (nSPS) is 18.5. The molecular formula is C22H23Cl2N3O3. The number of hydrogen-bond donors (Lipinski definition) is 1. The molecule has 0 spiro atoms. The van der Waals surface area contributed by atoms with Gasteiger partial charge in [0.1, 0.15) is 6.04 Å². The molecule has 4 rings (SSSR count). The van der Waals surface area contributed by atoms with E-state index in [0.29, 0.717) is 54.0 Å². The highest BCUT2D eigenvalue weighted by atomic mass is 35.5. The lowest BCUT2D eigenvalue weighted by molar-refractivity contribution is -0.123. The Morgan fingerprint density at radius 3 is 2.40 bits per heavy atom. The third kappa shape index (κ3) is 4.62. The summed E-state index contributed by atoms with van der Waals surface area (Å²) in [5.74, 6) is -0.0392. The van der Waals surface area contributed by atoms with E-state index in [1.54, 1.807) is 23.1 Å². The molecular weight excluding hydrogens is 425 g/mol. The third-order valence-corrected chi connectivity index (χ3v) is 6.00. The molecule has 0 radical (unpaired) electrons. The van der Waals surface area contributed by atoms with Gasteiger partial charge < -0.3 is 15.0 Å². The average molecular weight is 448 g/mol. The summed E-state index contributed by atoms with van der Waals surface area (Å²) in [4.78, 5) is 29.1. The Morgan fingerprint density at radius 1 is 1.03 bits per heavy atom. The summed E-state index contributed by atoms with van der Waals surface area (Å²) in [5.41, 5.74) is 2.22. The highest BCUT2D eigenvalue weighted by Gasteiger charge is 2.31. The number of nitrogens with one attached hydrogen (secondary N) is 1. The minimum absolute atomic E-state index is 0.136. The van der Waals surface area contributed by atoms with E-state index in [1.165, 1.54) is 0 Å². The van der Waals surface area contributed by atoms with Gasteiger partial charge in [0.05, 0.1) is 13.2 Å². The van der Waals surface area contributed by atoms with Crippen molar-refractivity contribution in [3.63, 3.8) is 0 Å². The molecule has 1 N–H and O–H groups in total. The number of halogens is 2. The zero-order valence-corrected chi connectivity index (χ0v) is 18.0. The number of nitrogens with zero attached hydrogens (tertiary/aromatic N) is 2. The second-order valence-corrected chi connectivity index (χ2v) is 8.25. The maximum Gasteiger partial charge on any atom is 0.246 e. The lowest BCUT2D eigenvalue weighted by Gasteiger charge is -2.34. The summed E-state index contributed by atoms with van der Waals surface area (Å²) in [5, 5.41) is 3.97. The maximum atomic E-state index is 13.3. The molecule has 2 saturated heterocycles. The lowest BCUT2D eigenvalue weighted by Crippen LogP contribution is -2.44. The Bertz CT molecular complexity index is 930. The van der Waals surface area contributed by atoms with Crippen LogP contribution in [0.4, 0.5) is 11.4 Å². The number of carbonyl (C=O) groups is 2. The van der Waals surface area contributed by atoms with Crippen LogP contribution in [0, 0.1) is 0 Å². The van der Waals surface area contributed by atoms with Gasteiger partial charge in [0.25, 0.3) is 0 Å². The molecule has 2 aliphatic heterocycles. The van der Waals surface area contributed by atoms with E-state index in [1.807, 2.05) is 24.3 Å². The second kappa shape index (κ2) is 9.35. The number of anilines is 2. The molecule has 158 valence electrons. The molecule has 0 bridgehead atoms. The van der Waals surface area contributed by atoms with Gasteiger partial charge in [0, 0.05) is 47.5 Å². The van der Waals surface area contributed by atoms with Crippen LogP contribution in [0.15, 0.2) is 42.5 Å². The van der Waals surface area contributed by atoms with Crippen LogP contribution in [0.3, 0.4) is 0 Å². The average Bonchev–Trinajstić information content (AvgIpc) is 3.17. The van der Waals surface area contributed by atoms with Gasteiger partial charge in [0.2, 0.25) is 11.8 Å². The molecule has 2 heterocycles. The van der Waals surface area contributed by atoms with Crippen LogP contribution in [0.1, 0.15) is 24.4 Å². The highest BCUT2D eigenvalue weighted by molar-refractivity contribution is 6.35. The smallest absolute Gasteiger partial charge is 0.246 e. The fraction of sp³-hybridized carbons (Fsp3) is 0.364. The SMILES string of the molecule is O=C(Nc1ccc(N2CCCC2=O)cc1)[C@H](c1ccc(Cl)cc1Cl)N1CCOCC1. The molecule has 2 aromatic rings. The Hall–Kier alpha value is -2.12. The number of rotatable bonds is 5. The number of morpholine rings is 1. The predicted molar refractivity (Wildman–Crippen MR) is 118 cm³/mol. The van der Waals surface area contributed by atoms with Crippen LogP contribution in [0.2, 0.25) is 10.0 Å². The highest BCUT2D eigenvalue weighted by Crippen LogP contribution is 2.32. The molecule has 8 heteroatoms. The van der Waals surface area contributed by atoms with Gasteiger partial charge in [-0.2, -0.15) is 0 Å². The van der Waals surface area contributed by atoms with Gasteiger partial charge in [0.15, 0.2) is 0 Å². The van der Waals surface area contributed by atoms with Gasteiger partial charge in [-0.05, 0) is 48.4 Å². The minimum atomic E-state index is -0.557. The number of carbonyl (C=O) groups excluding carboxylic acids is 2. The Morgan fingerprint density at radius 2 is 1.77 bits per heavy atom. The molecule has 1 atom stereocenters. The fourth-order valence-electron chi connectivity index (χ4n) is 3.92. The second-order valence-electron chi connectivity index (χ2n) is 7.40. The van der Waals surface area contributed by atoms with Crippen molar-refractivity contribution < 1.29 is 14.3 Å². The van der Waals surface area contributed by atoms with E-state index in [2.05, 4.69) is 10.2 Å². The molecule has 0 saturated carbocycles. The van der Waals surface area contributed by atoms with Crippen molar-refractivity contribution in [1.29, 1.82) is 0 Å². The van der Waals surface area contributed by atoms with Crippen LogP contribution < -0.4 is 10.2 Å². The van der Waals surface area contributed by atoms with Gasteiger partial charge in [-0.25, -0.2) is 0 Å². The van der Waals surface area contributed by atoms with Crippen molar-refractivity contribution in [3.8, 4) is 0 Å². The van der Waals surface area contributed by atoms with E-state index in [0.717, 1.165) is 18.7 Å². The minimum Gasteiger partial charge on any atom is -0.379 e. The van der Waals surface area contributed by atoms with E-state index in [4.69, 9.17) is 27.9 Å². The molecule has 2 amide bonds. The van der Waals surface area contributed by atoms with E-state index >= 15 is 0 Å². The predicted octanol–water partition coefficient (Wildman–Crippen LogP) is 4.13. The summed E-state index contributed by atoms with van der Waals surface area (Å²) in [6, 6.07) is 12.0. The largest absolute Gasteiger partial charge is 0.379 e. The zero-order chi connectivity index (χ0) is 21.1. The molecule has 2 aliphatic rings. The fourth-order valence-corrected chi connectivity index (χ4v) is 4.43. The quantitative estimate of drug-likeness (QED) is 0.747. The monoisotopic (exact) mass is 447 g/mol. The first-order chi connectivity index (χ1) is 14.5. The first-order valence-electron chi connectivity index (χ1n) is 10.0. The standard InChI is InChI=1S/C22H23Cl2N3O3/c23-15-3-8-18(19(24)14-15)21(26-10-12-30-13-11-26)22(29)25-16-4-6-17(7-5-16)27-9-1-2-20(27)28/h3-8,14,21H,1-2,9-13H2,(H,25,29)/t21-/m0/s1. The van der Waals surface area contributed by atoms with Crippen molar-refractivity contribution in [3.05, 3.63) is 58.1 Å². The summed E-state index contributed by atoms with van der Waals surface area (Å²) >= 11 is 12.5. The molecule has 0 unspecified atom stereocenters. The van der Waals surface area contributed by atoms with Crippen molar-refractivity contribution in [2.75, 3.05) is 43.1 Å². The van der Waals surface area contributed by atoms with Crippen LogP contribution in [0.25, 0.3) is 0 Å². The summed E-state index contributed by atoms with van der Waals surface area (Å²) in [6.45, 7) is 3.12. The maximum absolute atomic E-state index is 13.3. The Kier molecular flexibility index (Phi) is 6.58. The Labute approximate surface area is 185 Å². The molecule has 6 nitrogen and oxygen atoms in total. The van der Waals surface area contributed by atoms with Crippen molar-refractivity contribution >= 4 is 46.4 Å². The first-order valence-corrected chi connectivity index (χ1v) is 10.8. The number of ether oxygens (including phenoxy) is 1. The summed E-state index contributed by atoms with van der Waals surface area (Å²) in [6.07, 6.45) is 1.46. The van der Waals surface area contributed by atoms with E-state index in [-0.39, 0.29) is 11.8 Å². The lowest BCUT2D eigenvalue weighted by atomic mass is 10.0. The van der Waals surface area contributed by atoms with Gasteiger partial charge in [-0.3, -0.25) is 14.5 Å². The molecule has 0 aromatic heterocycles. The van der Waals surface area contributed by atoms with Crippen LogP contribution in [-0.2, 0) is 14.3 Å². The Balaban J connectivity index is 1.54. The van der Waals surface area contributed by atoms with Gasteiger partial charge in [-0.15, -0.1) is 0 Å². The van der Waals surface area contributed by atoms with Gasteiger partial charge in [-0.1, -0.05) is 29.3 Å². The van der Waals surface area contributed by atoms with Crippen LogP contribution in [-0.4, -0.2) is 49.6 Å². The van der Waals surface area contributed by atoms with E-state index < -0.39 is 6.04 Å². The number of amides is 2. The van der Waals surface area contributed by atoms with Crippen molar-refractivity contribution in [1.82, 2.24) is 4.90 Å². The topological polar surface area (TPSA) is 61.9 Å².